The summed E-state index contributed by atoms with van der Waals surface area (Å²) in [6.45, 7) is 3.35. The fraction of sp³-hybridized carbons (Fsp3) is 0.273. The van der Waals surface area contributed by atoms with Gasteiger partial charge in [-0.2, -0.15) is 13.2 Å². The van der Waals surface area contributed by atoms with E-state index in [2.05, 4.69) is 10.1 Å². The van der Waals surface area contributed by atoms with Crippen LogP contribution in [-0.4, -0.2) is 44.7 Å². The van der Waals surface area contributed by atoms with Crippen LogP contribution in [0.2, 0.25) is 0 Å². The predicted molar refractivity (Wildman–Crippen MR) is 108 cm³/mol. The SMILES string of the molecule is Cc1ccccc1C(=O)N1CCc2onc(COc3cccnc3)c2C1.O=C(O)C(F)(F)F. The normalized spacial score (nSPS) is 12.9. The number of ether oxygens (including phenoxy) is 1. The molecule has 8 nitrogen and oxygen atoms in total. The van der Waals surface area contributed by atoms with Gasteiger partial charge in [0.05, 0.1) is 12.7 Å². The summed E-state index contributed by atoms with van der Waals surface area (Å²) >= 11 is 0. The highest BCUT2D eigenvalue weighted by molar-refractivity contribution is 5.95. The van der Waals surface area contributed by atoms with E-state index in [1.165, 1.54) is 0 Å². The number of carboxylic acid groups (broad SMARTS) is 1. The number of aromatic nitrogens is 2. The van der Waals surface area contributed by atoms with Crippen molar-refractivity contribution in [2.75, 3.05) is 6.54 Å². The Morgan fingerprint density at radius 3 is 2.58 bits per heavy atom. The smallest absolute Gasteiger partial charge is 0.486 e. The van der Waals surface area contributed by atoms with Crippen molar-refractivity contribution in [1.82, 2.24) is 15.0 Å². The van der Waals surface area contributed by atoms with Crippen molar-refractivity contribution in [2.24, 2.45) is 0 Å². The Kier molecular flexibility index (Phi) is 7.31. The maximum atomic E-state index is 12.9. The zero-order valence-corrected chi connectivity index (χ0v) is 17.5. The molecule has 33 heavy (non-hydrogen) atoms. The minimum absolute atomic E-state index is 0.0362. The molecular formula is C22H20F3N3O5. The van der Waals surface area contributed by atoms with E-state index >= 15 is 0 Å². The summed E-state index contributed by atoms with van der Waals surface area (Å²) in [6, 6.07) is 11.3. The monoisotopic (exact) mass is 463 g/mol. The van der Waals surface area contributed by atoms with Gasteiger partial charge in [0.15, 0.2) is 0 Å². The third-order valence-corrected chi connectivity index (χ3v) is 4.82. The summed E-state index contributed by atoms with van der Waals surface area (Å²) in [5.74, 6) is -1.21. The largest absolute Gasteiger partial charge is 0.490 e. The molecule has 3 heterocycles. The van der Waals surface area contributed by atoms with E-state index in [0.29, 0.717) is 25.3 Å². The van der Waals surface area contributed by atoms with Crippen molar-refractivity contribution in [2.45, 2.75) is 32.7 Å². The van der Waals surface area contributed by atoms with E-state index < -0.39 is 12.1 Å². The Morgan fingerprint density at radius 2 is 1.94 bits per heavy atom. The first-order valence-electron chi connectivity index (χ1n) is 9.81. The fourth-order valence-corrected chi connectivity index (χ4v) is 3.12. The van der Waals surface area contributed by atoms with Gasteiger partial charge in [0, 0.05) is 30.3 Å². The van der Waals surface area contributed by atoms with E-state index in [1.54, 1.807) is 12.4 Å². The molecule has 3 aromatic rings. The third-order valence-electron chi connectivity index (χ3n) is 4.82. The summed E-state index contributed by atoms with van der Waals surface area (Å²) in [5.41, 5.74) is 3.39. The fourth-order valence-electron chi connectivity index (χ4n) is 3.12. The van der Waals surface area contributed by atoms with Crippen molar-refractivity contribution >= 4 is 11.9 Å². The van der Waals surface area contributed by atoms with Gasteiger partial charge in [0.2, 0.25) is 0 Å². The molecule has 11 heteroatoms. The first-order chi connectivity index (χ1) is 15.7. The lowest BCUT2D eigenvalue weighted by atomic mass is 10.0. The summed E-state index contributed by atoms with van der Waals surface area (Å²) in [4.78, 5) is 27.6. The minimum Gasteiger partial charge on any atom is -0.486 e. The molecule has 1 N–H and O–H groups in total. The maximum absolute atomic E-state index is 12.9. The lowest BCUT2D eigenvalue weighted by molar-refractivity contribution is -0.192. The Bertz CT molecular complexity index is 1120. The van der Waals surface area contributed by atoms with E-state index in [9.17, 15) is 18.0 Å². The molecule has 0 aliphatic carbocycles. The lowest BCUT2D eigenvalue weighted by Gasteiger charge is -2.27. The second-order valence-corrected chi connectivity index (χ2v) is 7.10. The van der Waals surface area contributed by atoms with Crippen LogP contribution in [-0.2, 0) is 24.4 Å². The van der Waals surface area contributed by atoms with E-state index in [0.717, 1.165) is 28.1 Å². The van der Waals surface area contributed by atoms with E-state index in [1.807, 2.05) is 48.2 Å². The van der Waals surface area contributed by atoms with Gasteiger partial charge >= 0.3 is 12.1 Å². The van der Waals surface area contributed by atoms with Gasteiger partial charge in [-0.3, -0.25) is 9.78 Å². The molecule has 2 aromatic heterocycles. The summed E-state index contributed by atoms with van der Waals surface area (Å²) < 4.78 is 42.9. The number of fused-ring (bicyclic) bond motifs is 1. The number of benzene rings is 1. The zero-order chi connectivity index (χ0) is 24.0. The second-order valence-electron chi connectivity index (χ2n) is 7.10. The molecule has 0 spiro atoms. The molecule has 0 saturated heterocycles. The van der Waals surface area contributed by atoms with Crippen LogP contribution in [0.5, 0.6) is 5.75 Å². The number of carboxylic acids is 1. The minimum atomic E-state index is -5.08. The van der Waals surface area contributed by atoms with Crippen LogP contribution >= 0.6 is 0 Å². The van der Waals surface area contributed by atoms with Gasteiger partial charge in [-0.05, 0) is 30.7 Å². The summed E-state index contributed by atoms with van der Waals surface area (Å²) in [7, 11) is 0. The highest BCUT2D eigenvalue weighted by atomic mass is 19.4. The average molecular weight is 463 g/mol. The van der Waals surface area contributed by atoms with Crippen LogP contribution in [0.25, 0.3) is 0 Å². The van der Waals surface area contributed by atoms with Crippen molar-refractivity contribution < 1.29 is 37.1 Å². The Balaban J connectivity index is 0.000000383. The number of aliphatic carboxylic acids is 1. The van der Waals surface area contributed by atoms with Crippen LogP contribution in [0.4, 0.5) is 13.2 Å². The molecule has 1 aliphatic rings. The molecule has 0 saturated carbocycles. The van der Waals surface area contributed by atoms with Crippen molar-refractivity contribution in [3.05, 3.63) is 76.9 Å². The van der Waals surface area contributed by atoms with Crippen molar-refractivity contribution in [3.8, 4) is 5.75 Å². The second kappa shape index (κ2) is 10.2. The molecule has 0 fully saturated rings. The van der Waals surface area contributed by atoms with E-state index in [-0.39, 0.29) is 12.5 Å². The van der Waals surface area contributed by atoms with Gasteiger partial charge in [-0.15, -0.1) is 0 Å². The highest BCUT2D eigenvalue weighted by Crippen LogP contribution is 2.25. The highest BCUT2D eigenvalue weighted by Gasteiger charge is 2.38. The molecule has 4 rings (SSSR count). The lowest BCUT2D eigenvalue weighted by Crippen LogP contribution is -2.36. The average Bonchev–Trinajstić information content (AvgIpc) is 3.20. The first kappa shape index (κ1) is 23.8. The van der Waals surface area contributed by atoms with Gasteiger partial charge in [-0.25, -0.2) is 4.79 Å². The van der Waals surface area contributed by atoms with Crippen LogP contribution in [0, 0.1) is 6.92 Å². The van der Waals surface area contributed by atoms with Gasteiger partial charge in [-0.1, -0.05) is 23.4 Å². The number of pyridine rings is 1. The van der Waals surface area contributed by atoms with Crippen molar-refractivity contribution in [1.29, 1.82) is 0 Å². The zero-order valence-electron chi connectivity index (χ0n) is 17.5. The molecule has 0 unspecified atom stereocenters. The number of carbonyl (C=O) groups is 2. The Hall–Kier alpha value is -3.89. The Labute approximate surface area is 186 Å². The van der Waals surface area contributed by atoms with Gasteiger partial charge < -0.3 is 19.3 Å². The molecule has 0 radical (unpaired) electrons. The number of halogens is 3. The quantitative estimate of drug-likeness (QED) is 0.628. The number of carbonyl (C=O) groups excluding carboxylic acids is 1. The number of rotatable bonds is 4. The van der Waals surface area contributed by atoms with Crippen molar-refractivity contribution in [3.63, 3.8) is 0 Å². The maximum Gasteiger partial charge on any atom is 0.490 e. The number of hydrogen-bond acceptors (Lipinski definition) is 6. The van der Waals surface area contributed by atoms with Crippen LogP contribution in [0.1, 0.15) is 32.9 Å². The predicted octanol–water partition coefficient (Wildman–Crippen LogP) is 3.79. The van der Waals surface area contributed by atoms with Crippen LogP contribution in [0.3, 0.4) is 0 Å². The summed E-state index contributed by atoms with van der Waals surface area (Å²) in [5, 5.41) is 11.3. The van der Waals surface area contributed by atoms with Gasteiger partial charge in [0.1, 0.15) is 23.8 Å². The number of hydrogen-bond donors (Lipinski definition) is 1. The number of aryl methyl sites for hydroxylation is 1. The van der Waals surface area contributed by atoms with Crippen LogP contribution < -0.4 is 4.74 Å². The number of nitrogens with zero attached hydrogens (tertiary/aromatic N) is 3. The molecule has 1 amide bonds. The van der Waals surface area contributed by atoms with E-state index in [4.69, 9.17) is 19.2 Å². The topological polar surface area (TPSA) is 106 Å². The molecule has 1 aromatic carbocycles. The summed E-state index contributed by atoms with van der Waals surface area (Å²) in [6.07, 6.45) is -1.08. The Morgan fingerprint density at radius 1 is 1.21 bits per heavy atom. The standard InChI is InChI=1S/C20H19N3O3.C2HF3O2/c1-14-5-2-3-7-16(14)20(24)23-10-8-19-17(12-23)18(22-26-19)13-25-15-6-4-9-21-11-15;3-2(4,5)1(6)7/h2-7,9,11H,8,10,12-13H2,1H3;(H,6,7). The molecular weight excluding hydrogens is 443 g/mol. The molecule has 1 aliphatic heterocycles. The molecule has 0 atom stereocenters. The number of alkyl halides is 3. The third kappa shape index (κ3) is 6.09. The molecule has 0 bridgehead atoms. The first-order valence-corrected chi connectivity index (χ1v) is 9.81. The molecule has 174 valence electrons. The number of amides is 1. The van der Waals surface area contributed by atoms with Gasteiger partial charge in [0.25, 0.3) is 5.91 Å². The van der Waals surface area contributed by atoms with Crippen LogP contribution in [0.15, 0.2) is 53.3 Å².